The van der Waals surface area contributed by atoms with E-state index in [2.05, 4.69) is 11.5 Å². The summed E-state index contributed by atoms with van der Waals surface area (Å²) in [6.45, 7) is -0.0974. The summed E-state index contributed by atoms with van der Waals surface area (Å²) in [4.78, 5) is 22.5. The Kier molecular flexibility index (Phi) is 5.71. The van der Waals surface area contributed by atoms with Crippen molar-refractivity contribution in [2.75, 3.05) is 6.61 Å². The molecular weight excluding hydrogens is 416 g/mol. The molecule has 6 rings (SSSR count). The number of nitrogens with one attached hydrogen (secondary N) is 1. The molecule has 0 heterocycles. The van der Waals surface area contributed by atoms with Crippen LogP contribution in [-0.2, 0) is 15.0 Å². The number of carboxylic acid groups (broad SMARTS) is 1. The van der Waals surface area contributed by atoms with E-state index in [9.17, 15) is 9.59 Å². The summed E-state index contributed by atoms with van der Waals surface area (Å²) in [6.07, 6.45) is 10.4. The third kappa shape index (κ3) is 4.40. The van der Waals surface area contributed by atoms with Crippen molar-refractivity contribution in [3.63, 3.8) is 0 Å². The van der Waals surface area contributed by atoms with Gasteiger partial charge < -0.3 is 9.84 Å². The average Bonchev–Trinajstić information content (AvgIpc) is 2.80. The average molecular weight is 447 g/mol. The molecular formula is C27H30N2O4. The minimum absolute atomic E-state index is 0.0974. The second-order valence-corrected chi connectivity index (χ2v) is 10.1. The first-order valence-electron chi connectivity index (χ1n) is 11.7. The topological polar surface area (TPSA) is 102 Å². The fraction of sp³-hybridized carbons (Fsp3) is 0.407. The Morgan fingerprint density at radius 2 is 1.61 bits per heavy atom. The maximum absolute atomic E-state index is 11.8. The third-order valence-corrected chi connectivity index (χ3v) is 7.77. The maximum Gasteiger partial charge on any atom is 0.328 e. The molecule has 4 N–H and O–H groups in total. The standard InChI is InChI=1S/C27H30N2O4/c28-29-25(30)16-33-24-7-6-22(21-4-1-17(2-5-21)3-8-26(31)32)12-23(24)27-13-18-9-19(14-27)11-20(10-18)15-27/h1-8,12,18-20H,9-11,13-16,28H2,(H,29,30)(H,31,32). The van der Waals surface area contributed by atoms with Crippen molar-refractivity contribution >= 4 is 18.0 Å². The zero-order chi connectivity index (χ0) is 23.0. The Hall–Kier alpha value is -3.12. The molecule has 0 aliphatic heterocycles. The SMILES string of the molecule is NNC(=O)COc1ccc(-c2ccc(C=CC(=O)O)cc2)cc1C12CC3CC(CC(C3)C1)C2. The number of hydrogen-bond acceptors (Lipinski definition) is 4. The largest absolute Gasteiger partial charge is 0.483 e. The fourth-order valence-corrected chi connectivity index (χ4v) is 6.83. The molecule has 4 bridgehead atoms. The first-order valence-corrected chi connectivity index (χ1v) is 11.7. The van der Waals surface area contributed by atoms with E-state index in [0.29, 0.717) is 0 Å². The second-order valence-electron chi connectivity index (χ2n) is 10.1. The van der Waals surface area contributed by atoms with Crippen molar-refractivity contribution < 1.29 is 19.4 Å². The smallest absolute Gasteiger partial charge is 0.328 e. The van der Waals surface area contributed by atoms with Crippen LogP contribution in [0.25, 0.3) is 17.2 Å². The summed E-state index contributed by atoms with van der Waals surface area (Å²) in [7, 11) is 0. The summed E-state index contributed by atoms with van der Waals surface area (Å²) in [6, 6.07) is 14.2. The highest BCUT2D eigenvalue weighted by atomic mass is 16.5. The molecule has 4 aliphatic carbocycles. The van der Waals surface area contributed by atoms with E-state index >= 15 is 0 Å². The lowest BCUT2D eigenvalue weighted by Crippen LogP contribution is -2.48. The Morgan fingerprint density at radius 3 is 2.18 bits per heavy atom. The predicted molar refractivity (Wildman–Crippen MR) is 126 cm³/mol. The highest BCUT2D eigenvalue weighted by Crippen LogP contribution is 2.62. The number of amides is 1. The van der Waals surface area contributed by atoms with Crippen molar-refractivity contribution in [1.82, 2.24) is 5.43 Å². The molecule has 6 nitrogen and oxygen atoms in total. The van der Waals surface area contributed by atoms with Crippen molar-refractivity contribution in [3.05, 3.63) is 59.7 Å². The molecule has 4 aliphatic rings. The first kappa shape index (κ1) is 21.7. The second kappa shape index (κ2) is 8.67. The molecule has 0 aromatic heterocycles. The summed E-state index contributed by atoms with van der Waals surface area (Å²) < 4.78 is 5.99. The zero-order valence-corrected chi connectivity index (χ0v) is 18.6. The Labute approximate surface area is 193 Å². The van der Waals surface area contributed by atoms with Crippen molar-refractivity contribution in [1.29, 1.82) is 0 Å². The van der Waals surface area contributed by atoms with E-state index in [4.69, 9.17) is 15.7 Å². The molecule has 4 fully saturated rings. The lowest BCUT2D eigenvalue weighted by atomic mass is 9.48. The van der Waals surface area contributed by atoms with Crippen LogP contribution in [0.2, 0.25) is 0 Å². The van der Waals surface area contributed by atoms with Gasteiger partial charge in [-0.05, 0) is 96.6 Å². The zero-order valence-electron chi connectivity index (χ0n) is 18.6. The number of aliphatic carboxylic acids is 1. The Morgan fingerprint density at radius 1 is 1.00 bits per heavy atom. The molecule has 1 amide bonds. The number of hydrazine groups is 1. The van der Waals surface area contributed by atoms with Crippen LogP contribution in [-0.4, -0.2) is 23.6 Å². The van der Waals surface area contributed by atoms with Crippen LogP contribution in [0, 0.1) is 17.8 Å². The van der Waals surface area contributed by atoms with Gasteiger partial charge in [0.25, 0.3) is 5.91 Å². The molecule has 4 saturated carbocycles. The van der Waals surface area contributed by atoms with Crippen molar-refractivity contribution in [3.8, 4) is 16.9 Å². The van der Waals surface area contributed by atoms with Gasteiger partial charge in [0, 0.05) is 11.6 Å². The van der Waals surface area contributed by atoms with E-state index < -0.39 is 5.97 Å². The fourth-order valence-electron chi connectivity index (χ4n) is 6.83. The van der Waals surface area contributed by atoms with Gasteiger partial charge in [-0.15, -0.1) is 0 Å². The van der Waals surface area contributed by atoms with Crippen molar-refractivity contribution in [2.24, 2.45) is 23.6 Å². The number of carbonyl (C=O) groups is 2. The van der Waals surface area contributed by atoms with Gasteiger partial charge in [-0.1, -0.05) is 30.3 Å². The van der Waals surface area contributed by atoms with Gasteiger partial charge in [-0.2, -0.15) is 0 Å². The highest BCUT2D eigenvalue weighted by Gasteiger charge is 2.52. The summed E-state index contributed by atoms with van der Waals surface area (Å²) in [5, 5.41) is 8.84. The number of benzene rings is 2. The van der Waals surface area contributed by atoms with Crippen LogP contribution in [0.1, 0.15) is 49.7 Å². The molecule has 33 heavy (non-hydrogen) atoms. The lowest BCUT2D eigenvalue weighted by molar-refractivity contribution is -0.131. The molecule has 6 heteroatoms. The number of carbonyl (C=O) groups excluding carboxylic acids is 1. The molecule has 0 spiro atoms. The van der Waals surface area contributed by atoms with E-state index in [1.165, 1.54) is 44.1 Å². The van der Waals surface area contributed by atoms with Crippen LogP contribution in [0.4, 0.5) is 0 Å². The van der Waals surface area contributed by atoms with Gasteiger partial charge in [0.1, 0.15) is 5.75 Å². The van der Waals surface area contributed by atoms with Crippen LogP contribution in [0.15, 0.2) is 48.5 Å². The van der Waals surface area contributed by atoms with Crippen LogP contribution < -0.4 is 16.0 Å². The monoisotopic (exact) mass is 446 g/mol. The van der Waals surface area contributed by atoms with Crippen LogP contribution in [0.3, 0.4) is 0 Å². The van der Waals surface area contributed by atoms with E-state index in [1.54, 1.807) is 6.08 Å². The van der Waals surface area contributed by atoms with Gasteiger partial charge in [0.05, 0.1) is 0 Å². The summed E-state index contributed by atoms with van der Waals surface area (Å²) in [5.41, 5.74) is 6.49. The van der Waals surface area contributed by atoms with Gasteiger partial charge >= 0.3 is 5.97 Å². The van der Waals surface area contributed by atoms with E-state index in [0.717, 1.165) is 46.3 Å². The third-order valence-electron chi connectivity index (χ3n) is 7.77. The molecule has 172 valence electrons. The summed E-state index contributed by atoms with van der Waals surface area (Å²) in [5.74, 6) is 7.11. The number of carboxylic acids is 1. The molecule has 0 atom stereocenters. The molecule has 0 unspecified atom stereocenters. The number of hydrogen-bond donors (Lipinski definition) is 3. The maximum atomic E-state index is 11.8. The minimum Gasteiger partial charge on any atom is -0.483 e. The number of rotatable bonds is 7. The van der Waals surface area contributed by atoms with Crippen molar-refractivity contribution in [2.45, 2.75) is 43.9 Å². The molecule has 2 aromatic carbocycles. The van der Waals surface area contributed by atoms with Gasteiger partial charge in [-0.25, -0.2) is 10.6 Å². The first-order chi connectivity index (χ1) is 15.9. The van der Waals surface area contributed by atoms with Gasteiger partial charge in [0.15, 0.2) is 6.61 Å². The van der Waals surface area contributed by atoms with E-state index in [1.807, 2.05) is 36.4 Å². The highest BCUT2D eigenvalue weighted by molar-refractivity contribution is 5.85. The number of ether oxygens (including phenoxy) is 1. The predicted octanol–water partition coefficient (Wildman–Crippen LogP) is 4.29. The lowest BCUT2D eigenvalue weighted by Gasteiger charge is -2.57. The molecule has 0 saturated heterocycles. The minimum atomic E-state index is -0.960. The van der Waals surface area contributed by atoms with Gasteiger partial charge in [-0.3, -0.25) is 10.2 Å². The Bertz CT molecular complexity index is 1050. The molecule has 2 aromatic rings. The van der Waals surface area contributed by atoms with Gasteiger partial charge in [0.2, 0.25) is 0 Å². The van der Waals surface area contributed by atoms with Crippen LogP contribution in [0.5, 0.6) is 5.75 Å². The summed E-state index contributed by atoms with van der Waals surface area (Å²) >= 11 is 0. The number of nitrogens with two attached hydrogens (primary N) is 1. The quantitative estimate of drug-likeness (QED) is 0.255. The van der Waals surface area contributed by atoms with E-state index in [-0.39, 0.29) is 17.9 Å². The Balaban J connectivity index is 1.50. The molecule has 0 radical (unpaired) electrons. The van der Waals surface area contributed by atoms with Crippen LogP contribution >= 0.6 is 0 Å². The normalized spacial score (nSPS) is 27.6.